The number of carbonyl (C=O) groups is 2. The molecule has 0 saturated carbocycles. The average Bonchev–Trinajstić information content (AvgIpc) is 2.63. The summed E-state index contributed by atoms with van der Waals surface area (Å²) in [5, 5.41) is 6.90. The second-order valence-corrected chi connectivity index (χ2v) is 6.62. The highest BCUT2D eigenvalue weighted by Gasteiger charge is 2.24. The van der Waals surface area contributed by atoms with Gasteiger partial charge < -0.3 is 10.2 Å². The fourth-order valence-electron chi connectivity index (χ4n) is 3.16. The molecule has 8 heteroatoms. The molecule has 0 unspecified atom stereocenters. The van der Waals surface area contributed by atoms with Crippen molar-refractivity contribution in [3.63, 3.8) is 0 Å². The third-order valence-corrected chi connectivity index (χ3v) is 4.68. The molecule has 0 atom stereocenters. The molecule has 142 valence electrons. The third kappa shape index (κ3) is 4.05. The van der Waals surface area contributed by atoms with Crippen molar-refractivity contribution in [3.05, 3.63) is 57.8 Å². The topological polar surface area (TPSA) is 84.3 Å². The number of benzene rings is 1. The fourth-order valence-corrected chi connectivity index (χ4v) is 3.16. The van der Waals surface area contributed by atoms with Crippen LogP contribution >= 0.6 is 0 Å². The molecule has 0 radical (unpaired) electrons. The van der Waals surface area contributed by atoms with E-state index in [-0.39, 0.29) is 23.3 Å². The van der Waals surface area contributed by atoms with E-state index < -0.39 is 17.2 Å². The van der Waals surface area contributed by atoms with Gasteiger partial charge in [-0.05, 0) is 31.9 Å². The Morgan fingerprint density at radius 2 is 1.89 bits per heavy atom. The van der Waals surface area contributed by atoms with Crippen LogP contribution in [0.3, 0.4) is 0 Å². The van der Waals surface area contributed by atoms with E-state index in [2.05, 4.69) is 10.4 Å². The molecule has 2 heterocycles. The van der Waals surface area contributed by atoms with Gasteiger partial charge in [0.15, 0.2) is 5.69 Å². The quantitative estimate of drug-likeness (QED) is 0.883. The molecule has 2 aromatic rings. The van der Waals surface area contributed by atoms with Gasteiger partial charge in [0, 0.05) is 37.8 Å². The normalized spacial score (nSPS) is 14.9. The van der Waals surface area contributed by atoms with E-state index in [0.717, 1.165) is 0 Å². The molecule has 1 aliphatic rings. The Labute approximate surface area is 155 Å². The number of para-hydroxylation sites is 1. The van der Waals surface area contributed by atoms with E-state index in [1.165, 1.54) is 29.8 Å². The standard InChI is InChI=1S/C19H21FN4O3/c1-12-11-17(26)18(22-24(12)16-6-4-3-5-15(16)20)19(27)21-14-7-9-23(10-8-14)13(2)25/h3-6,11,14H,7-10H2,1-2H3,(H,21,27). The van der Waals surface area contributed by atoms with Crippen molar-refractivity contribution in [3.8, 4) is 5.69 Å². The number of aromatic nitrogens is 2. The highest BCUT2D eigenvalue weighted by Crippen LogP contribution is 2.14. The summed E-state index contributed by atoms with van der Waals surface area (Å²) in [5.74, 6) is -1.08. The van der Waals surface area contributed by atoms with Gasteiger partial charge >= 0.3 is 0 Å². The zero-order valence-electron chi connectivity index (χ0n) is 15.2. The first-order valence-corrected chi connectivity index (χ1v) is 8.79. The Bertz CT molecular complexity index is 933. The van der Waals surface area contributed by atoms with Crippen LogP contribution in [0.1, 0.15) is 35.9 Å². The lowest BCUT2D eigenvalue weighted by molar-refractivity contribution is -0.129. The molecule has 2 amide bonds. The summed E-state index contributed by atoms with van der Waals surface area (Å²) in [6.45, 7) is 4.25. The van der Waals surface area contributed by atoms with Gasteiger partial charge in [-0.2, -0.15) is 5.10 Å². The lowest BCUT2D eigenvalue weighted by Crippen LogP contribution is -2.47. The lowest BCUT2D eigenvalue weighted by Gasteiger charge is -2.31. The van der Waals surface area contributed by atoms with Crippen LogP contribution in [0, 0.1) is 12.7 Å². The van der Waals surface area contributed by atoms with Crippen LogP contribution in [0.25, 0.3) is 5.69 Å². The van der Waals surface area contributed by atoms with E-state index in [4.69, 9.17) is 0 Å². The van der Waals surface area contributed by atoms with Crippen molar-refractivity contribution in [2.24, 2.45) is 0 Å². The van der Waals surface area contributed by atoms with Gasteiger partial charge in [0.1, 0.15) is 11.5 Å². The van der Waals surface area contributed by atoms with Gasteiger partial charge in [0.05, 0.1) is 0 Å². The van der Waals surface area contributed by atoms with Crippen molar-refractivity contribution < 1.29 is 14.0 Å². The Balaban J connectivity index is 1.81. The second-order valence-electron chi connectivity index (χ2n) is 6.62. The first-order valence-electron chi connectivity index (χ1n) is 8.79. The van der Waals surface area contributed by atoms with Crippen molar-refractivity contribution in [1.29, 1.82) is 0 Å². The maximum Gasteiger partial charge on any atom is 0.276 e. The third-order valence-electron chi connectivity index (χ3n) is 4.68. The highest BCUT2D eigenvalue weighted by molar-refractivity contribution is 5.92. The number of halogens is 1. The molecule has 0 spiro atoms. The summed E-state index contributed by atoms with van der Waals surface area (Å²) in [4.78, 5) is 37.9. The number of hydrogen-bond acceptors (Lipinski definition) is 4. The molecule has 7 nitrogen and oxygen atoms in total. The van der Waals surface area contributed by atoms with Gasteiger partial charge in [-0.25, -0.2) is 9.07 Å². The minimum absolute atomic E-state index is 0.00718. The zero-order valence-corrected chi connectivity index (χ0v) is 15.2. The minimum atomic E-state index is -0.591. The summed E-state index contributed by atoms with van der Waals surface area (Å²) in [6.07, 6.45) is 1.22. The first kappa shape index (κ1) is 18.8. The molecule has 0 bridgehead atoms. The summed E-state index contributed by atoms with van der Waals surface area (Å²) in [5.41, 5.74) is -0.202. The molecular weight excluding hydrogens is 351 g/mol. The number of nitrogens with zero attached hydrogens (tertiary/aromatic N) is 3. The molecular formula is C19H21FN4O3. The van der Waals surface area contributed by atoms with Crippen LogP contribution in [0.2, 0.25) is 0 Å². The summed E-state index contributed by atoms with van der Waals surface area (Å²) in [7, 11) is 0. The van der Waals surface area contributed by atoms with Gasteiger partial charge in [0.2, 0.25) is 11.3 Å². The maximum absolute atomic E-state index is 14.1. The van der Waals surface area contributed by atoms with Crippen LogP contribution < -0.4 is 10.7 Å². The molecule has 1 aliphatic heterocycles. The van der Waals surface area contributed by atoms with Crippen LogP contribution in [-0.4, -0.2) is 45.6 Å². The summed E-state index contributed by atoms with van der Waals surface area (Å²) >= 11 is 0. The number of carbonyl (C=O) groups excluding carboxylic acids is 2. The van der Waals surface area contributed by atoms with Gasteiger partial charge in [-0.15, -0.1) is 0 Å². The Morgan fingerprint density at radius 1 is 1.22 bits per heavy atom. The molecule has 1 aromatic heterocycles. The van der Waals surface area contributed by atoms with Crippen LogP contribution in [0.15, 0.2) is 35.1 Å². The predicted molar refractivity (Wildman–Crippen MR) is 97.3 cm³/mol. The second kappa shape index (κ2) is 7.69. The smallest absolute Gasteiger partial charge is 0.276 e. The monoisotopic (exact) mass is 372 g/mol. The SMILES string of the molecule is CC(=O)N1CCC(NC(=O)c2nn(-c3ccccc3F)c(C)cc2=O)CC1. The Kier molecular flexibility index (Phi) is 5.34. The Hall–Kier alpha value is -3.03. The van der Waals surface area contributed by atoms with E-state index in [0.29, 0.717) is 31.6 Å². The number of piperidine rings is 1. The summed E-state index contributed by atoms with van der Waals surface area (Å²) < 4.78 is 15.3. The van der Waals surface area contributed by atoms with Gasteiger partial charge in [0.25, 0.3) is 5.91 Å². The molecule has 1 aromatic carbocycles. The van der Waals surface area contributed by atoms with E-state index >= 15 is 0 Å². The van der Waals surface area contributed by atoms with E-state index in [1.54, 1.807) is 24.0 Å². The van der Waals surface area contributed by atoms with Crippen molar-refractivity contribution >= 4 is 11.8 Å². The summed E-state index contributed by atoms with van der Waals surface area (Å²) in [6, 6.07) is 7.15. The average molecular weight is 372 g/mol. The van der Waals surface area contributed by atoms with E-state index in [9.17, 15) is 18.8 Å². The van der Waals surface area contributed by atoms with Gasteiger partial charge in [-0.3, -0.25) is 14.4 Å². The van der Waals surface area contributed by atoms with Crippen LogP contribution in [0.4, 0.5) is 4.39 Å². The molecule has 3 rings (SSSR count). The molecule has 0 aliphatic carbocycles. The number of hydrogen-bond donors (Lipinski definition) is 1. The van der Waals surface area contributed by atoms with Crippen LogP contribution in [-0.2, 0) is 4.79 Å². The lowest BCUT2D eigenvalue weighted by atomic mass is 10.0. The number of rotatable bonds is 3. The van der Waals surface area contributed by atoms with E-state index in [1.807, 2.05) is 0 Å². The highest BCUT2D eigenvalue weighted by atomic mass is 19.1. The fraction of sp³-hybridized carbons (Fsp3) is 0.368. The van der Waals surface area contributed by atoms with Crippen molar-refractivity contribution in [2.75, 3.05) is 13.1 Å². The van der Waals surface area contributed by atoms with Crippen LogP contribution in [0.5, 0.6) is 0 Å². The van der Waals surface area contributed by atoms with Gasteiger partial charge in [-0.1, -0.05) is 12.1 Å². The molecule has 27 heavy (non-hydrogen) atoms. The maximum atomic E-state index is 14.1. The number of nitrogens with one attached hydrogen (secondary N) is 1. The number of aryl methyl sites for hydroxylation is 1. The Morgan fingerprint density at radius 3 is 2.52 bits per heavy atom. The minimum Gasteiger partial charge on any atom is -0.348 e. The largest absolute Gasteiger partial charge is 0.348 e. The molecule has 1 saturated heterocycles. The zero-order chi connectivity index (χ0) is 19.6. The molecule has 1 fully saturated rings. The predicted octanol–water partition coefficient (Wildman–Crippen LogP) is 1.42. The molecule has 1 N–H and O–H groups in total. The number of likely N-dealkylation sites (tertiary alicyclic amines) is 1. The van der Waals surface area contributed by atoms with Crippen molar-refractivity contribution in [1.82, 2.24) is 20.0 Å². The first-order chi connectivity index (χ1) is 12.9. The number of amides is 2. The van der Waals surface area contributed by atoms with Crippen molar-refractivity contribution in [2.45, 2.75) is 32.7 Å².